The number of amides is 2. The molecule has 2 fully saturated rings. The van der Waals surface area contributed by atoms with E-state index in [1.165, 1.54) is 0 Å². The summed E-state index contributed by atoms with van der Waals surface area (Å²) >= 11 is 0. The Hall–Kier alpha value is -3.44. The number of nitrogens with zero attached hydrogens (tertiary/aromatic N) is 3. The Kier molecular flexibility index (Phi) is 7.71. The smallest absolute Gasteiger partial charge is 0.254 e. The molecule has 0 N–H and O–H groups in total. The van der Waals surface area contributed by atoms with Gasteiger partial charge in [-0.25, -0.2) is 0 Å². The maximum Gasteiger partial charge on any atom is 0.254 e. The van der Waals surface area contributed by atoms with Crippen LogP contribution in [0.15, 0.2) is 78.9 Å². The van der Waals surface area contributed by atoms with Crippen LogP contribution in [0.2, 0.25) is 0 Å². The van der Waals surface area contributed by atoms with Crippen molar-refractivity contribution in [3.05, 3.63) is 107 Å². The summed E-state index contributed by atoms with van der Waals surface area (Å²) in [5, 5.41) is 0. The molecule has 2 aliphatic rings. The molecule has 1 atom stereocenters. The molecule has 5 nitrogen and oxygen atoms in total. The van der Waals surface area contributed by atoms with E-state index in [4.69, 9.17) is 0 Å². The highest BCUT2D eigenvalue weighted by Gasteiger charge is 2.36. The van der Waals surface area contributed by atoms with Gasteiger partial charge in [-0.2, -0.15) is 0 Å². The van der Waals surface area contributed by atoms with Crippen molar-refractivity contribution in [2.24, 2.45) is 0 Å². The zero-order valence-electron chi connectivity index (χ0n) is 22.0. The van der Waals surface area contributed by atoms with Crippen LogP contribution < -0.4 is 0 Å². The largest absolute Gasteiger partial charge is 0.339 e. The molecule has 2 heterocycles. The topological polar surface area (TPSA) is 43.9 Å². The lowest BCUT2D eigenvalue weighted by Gasteiger charge is -2.37. The number of hydrogen-bond acceptors (Lipinski definition) is 3. The van der Waals surface area contributed by atoms with Gasteiger partial charge in [0.1, 0.15) is 0 Å². The molecule has 5 heteroatoms. The fraction of sp³-hybridized carbons (Fsp3) is 0.375. The third-order valence-electron chi connectivity index (χ3n) is 8.08. The average Bonchev–Trinajstić information content (AvgIpc) is 3.42. The molecule has 0 aliphatic carbocycles. The van der Waals surface area contributed by atoms with E-state index in [2.05, 4.69) is 21.9 Å². The molecule has 2 amide bonds. The van der Waals surface area contributed by atoms with Gasteiger partial charge in [-0.05, 0) is 61.9 Å². The summed E-state index contributed by atoms with van der Waals surface area (Å²) in [4.78, 5) is 33.5. The van der Waals surface area contributed by atoms with Crippen molar-refractivity contribution in [2.45, 2.75) is 51.7 Å². The van der Waals surface area contributed by atoms with Crippen LogP contribution in [0.3, 0.4) is 0 Å². The Morgan fingerprint density at radius 1 is 0.784 bits per heavy atom. The Morgan fingerprint density at radius 3 is 2.05 bits per heavy atom. The van der Waals surface area contributed by atoms with Crippen LogP contribution in [0, 0.1) is 13.8 Å². The zero-order valence-corrected chi connectivity index (χ0v) is 22.0. The molecule has 0 aromatic heterocycles. The number of carbonyl (C=O) groups is 2. The van der Waals surface area contributed by atoms with Crippen molar-refractivity contribution in [3.8, 4) is 0 Å². The van der Waals surface area contributed by atoms with Crippen molar-refractivity contribution in [1.82, 2.24) is 14.7 Å². The Balaban J connectivity index is 1.24. The summed E-state index contributed by atoms with van der Waals surface area (Å²) in [7, 11) is 0. The van der Waals surface area contributed by atoms with Gasteiger partial charge in [-0.3, -0.25) is 14.5 Å². The van der Waals surface area contributed by atoms with E-state index in [9.17, 15) is 9.59 Å². The van der Waals surface area contributed by atoms with E-state index in [-0.39, 0.29) is 17.9 Å². The minimum atomic E-state index is 0.102. The second kappa shape index (κ2) is 11.3. The summed E-state index contributed by atoms with van der Waals surface area (Å²) in [5.41, 5.74) is 4.86. The normalized spacial score (nSPS) is 18.6. The zero-order chi connectivity index (χ0) is 25.8. The van der Waals surface area contributed by atoms with Gasteiger partial charge in [0, 0.05) is 55.9 Å². The number of aryl methyl sites for hydroxylation is 2. The maximum absolute atomic E-state index is 13.6. The molecule has 37 heavy (non-hydrogen) atoms. The molecular formula is C32H37N3O2. The van der Waals surface area contributed by atoms with Gasteiger partial charge in [0.05, 0.1) is 0 Å². The second-order valence-electron chi connectivity index (χ2n) is 10.5. The van der Waals surface area contributed by atoms with Crippen molar-refractivity contribution >= 4 is 11.8 Å². The van der Waals surface area contributed by atoms with Crippen LogP contribution in [-0.4, -0.2) is 64.8 Å². The Labute approximate surface area is 220 Å². The van der Waals surface area contributed by atoms with Gasteiger partial charge in [0.2, 0.25) is 0 Å². The SMILES string of the molecule is Cc1cccc(C)c1C(=O)N1CCC(N2CC[C@@H](N(Cc3ccccc3)C(=O)c3ccccc3)C2)CC1. The molecular weight excluding hydrogens is 458 g/mol. The summed E-state index contributed by atoms with van der Waals surface area (Å²) in [6.07, 6.45) is 2.94. The number of carbonyl (C=O) groups excluding carboxylic acids is 2. The molecule has 0 unspecified atom stereocenters. The van der Waals surface area contributed by atoms with Crippen molar-refractivity contribution in [3.63, 3.8) is 0 Å². The second-order valence-corrected chi connectivity index (χ2v) is 10.5. The quantitative estimate of drug-likeness (QED) is 0.465. The molecule has 3 aromatic rings. The first-order valence-corrected chi connectivity index (χ1v) is 13.5. The van der Waals surface area contributed by atoms with Crippen LogP contribution >= 0.6 is 0 Å². The number of piperidine rings is 1. The molecule has 0 saturated carbocycles. The average molecular weight is 496 g/mol. The number of rotatable bonds is 6. The molecule has 2 aliphatic heterocycles. The van der Waals surface area contributed by atoms with Crippen LogP contribution in [0.4, 0.5) is 0 Å². The van der Waals surface area contributed by atoms with Crippen LogP contribution in [0.1, 0.15) is 56.7 Å². The lowest BCUT2D eigenvalue weighted by molar-refractivity contribution is 0.0593. The predicted octanol–water partition coefficient (Wildman–Crippen LogP) is 5.32. The molecule has 0 spiro atoms. The molecule has 2 saturated heterocycles. The molecule has 5 rings (SSSR count). The number of hydrogen-bond donors (Lipinski definition) is 0. The highest BCUT2D eigenvalue weighted by Crippen LogP contribution is 2.27. The number of likely N-dealkylation sites (tertiary alicyclic amines) is 2. The van der Waals surface area contributed by atoms with Gasteiger partial charge < -0.3 is 9.80 Å². The van der Waals surface area contributed by atoms with Gasteiger partial charge in [-0.1, -0.05) is 66.7 Å². The van der Waals surface area contributed by atoms with E-state index < -0.39 is 0 Å². The maximum atomic E-state index is 13.6. The fourth-order valence-electron chi connectivity index (χ4n) is 5.99. The highest BCUT2D eigenvalue weighted by molar-refractivity contribution is 5.97. The molecule has 192 valence electrons. The van der Waals surface area contributed by atoms with E-state index in [1.807, 2.05) is 85.5 Å². The van der Waals surface area contributed by atoms with Crippen LogP contribution in [0.25, 0.3) is 0 Å². The standard InChI is InChI=1S/C32H37N3O2/c1-24-10-9-11-25(2)30(24)32(37)33-19-16-28(17-20-33)34-21-18-29(23-34)35(22-26-12-5-3-6-13-26)31(36)27-14-7-4-8-15-27/h3-15,28-29H,16-23H2,1-2H3/t29-/m1/s1. The van der Waals surface area contributed by atoms with Gasteiger partial charge >= 0.3 is 0 Å². The summed E-state index contributed by atoms with van der Waals surface area (Å²) in [6.45, 7) is 8.12. The molecule has 3 aromatic carbocycles. The molecule has 0 radical (unpaired) electrons. The minimum Gasteiger partial charge on any atom is -0.339 e. The van der Waals surface area contributed by atoms with E-state index >= 15 is 0 Å². The number of benzene rings is 3. The summed E-state index contributed by atoms with van der Waals surface area (Å²) < 4.78 is 0. The minimum absolute atomic E-state index is 0.102. The molecule has 0 bridgehead atoms. The first kappa shape index (κ1) is 25.2. The lowest BCUT2D eigenvalue weighted by atomic mass is 9.98. The monoisotopic (exact) mass is 495 g/mol. The van der Waals surface area contributed by atoms with Crippen molar-refractivity contribution < 1.29 is 9.59 Å². The van der Waals surface area contributed by atoms with Crippen molar-refractivity contribution in [2.75, 3.05) is 26.2 Å². The highest BCUT2D eigenvalue weighted by atomic mass is 16.2. The van der Waals surface area contributed by atoms with E-state index in [1.54, 1.807) is 0 Å². The van der Waals surface area contributed by atoms with Gasteiger partial charge in [0.15, 0.2) is 0 Å². The van der Waals surface area contributed by atoms with Crippen LogP contribution in [-0.2, 0) is 6.54 Å². The van der Waals surface area contributed by atoms with Gasteiger partial charge in [0.25, 0.3) is 11.8 Å². The summed E-state index contributed by atoms with van der Waals surface area (Å²) in [6, 6.07) is 26.6. The van der Waals surface area contributed by atoms with Crippen LogP contribution in [0.5, 0.6) is 0 Å². The van der Waals surface area contributed by atoms with E-state index in [0.29, 0.717) is 12.6 Å². The van der Waals surface area contributed by atoms with Gasteiger partial charge in [-0.15, -0.1) is 0 Å². The van der Waals surface area contributed by atoms with E-state index in [0.717, 1.165) is 73.3 Å². The fourth-order valence-corrected chi connectivity index (χ4v) is 5.99. The Morgan fingerprint density at radius 2 is 1.41 bits per heavy atom. The first-order valence-electron chi connectivity index (χ1n) is 13.5. The lowest BCUT2D eigenvalue weighted by Crippen LogP contribution is -2.48. The first-order chi connectivity index (χ1) is 18.0. The summed E-state index contributed by atoms with van der Waals surface area (Å²) in [5.74, 6) is 0.265. The third kappa shape index (κ3) is 5.62. The van der Waals surface area contributed by atoms with Crippen molar-refractivity contribution in [1.29, 1.82) is 0 Å². The third-order valence-corrected chi connectivity index (χ3v) is 8.08. The predicted molar refractivity (Wildman–Crippen MR) is 148 cm³/mol. The Bertz CT molecular complexity index is 1200.